The minimum atomic E-state index is -0.542. The van der Waals surface area contributed by atoms with E-state index in [-0.39, 0.29) is 22.1 Å². The molecule has 7 heteroatoms. The molecule has 2 rings (SSSR count). The molecule has 0 spiro atoms. The number of pyridine rings is 1. The number of carbonyl (C=O) groups is 1. The molecule has 2 aromatic rings. The lowest BCUT2D eigenvalue weighted by Crippen LogP contribution is -2.14. The number of aromatic nitrogens is 1. The average molecular weight is 306 g/mol. The third kappa shape index (κ3) is 3.17. The van der Waals surface area contributed by atoms with Gasteiger partial charge >= 0.3 is 0 Å². The number of amides is 1. The first-order chi connectivity index (χ1) is 9.90. The minimum Gasteiger partial charge on any atom is -0.316 e. The van der Waals surface area contributed by atoms with Gasteiger partial charge in [-0.3, -0.25) is 14.9 Å². The summed E-state index contributed by atoms with van der Waals surface area (Å²) in [5.74, 6) is -0.542. The molecule has 0 fully saturated rings. The second-order valence-corrected chi connectivity index (χ2v) is 4.86. The molecule has 108 valence electrons. The number of nitro benzene ring substituents is 1. The first-order valence-electron chi connectivity index (χ1n) is 6.07. The SMILES string of the molecule is Cc1cc(NC(=O)c2cccnc2Cl)c([N+](=O)[O-])cc1C. The molecular formula is C14H12ClN3O3. The van der Waals surface area contributed by atoms with Crippen LogP contribution in [0.4, 0.5) is 11.4 Å². The van der Waals surface area contributed by atoms with Crippen LogP contribution in [0.25, 0.3) is 0 Å². The molecule has 1 heterocycles. The maximum absolute atomic E-state index is 12.1. The van der Waals surface area contributed by atoms with Crippen LogP contribution in [-0.4, -0.2) is 15.8 Å². The highest BCUT2D eigenvalue weighted by molar-refractivity contribution is 6.33. The van der Waals surface area contributed by atoms with Crippen LogP contribution in [0.2, 0.25) is 5.15 Å². The minimum absolute atomic E-state index is 0.0430. The van der Waals surface area contributed by atoms with Gasteiger partial charge in [-0.2, -0.15) is 0 Å². The Labute approximate surface area is 125 Å². The molecule has 1 N–H and O–H groups in total. The Hall–Kier alpha value is -2.47. The smallest absolute Gasteiger partial charge is 0.293 e. The Bertz CT molecular complexity index is 731. The van der Waals surface area contributed by atoms with Gasteiger partial charge in [-0.05, 0) is 43.2 Å². The van der Waals surface area contributed by atoms with Gasteiger partial charge < -0.3 is 5.32 Å². The molecule has 1 aromatic heterocycles. The summed E-state index contributed by atoms with van der Waals surface area (Å²) in [6.45, 7) is 3.58. The maximum atomic E-state index is 12.1. The van der Waals surface area contributed by atoms with Gasteiger partial charge in [-0.15, -0.1) is 0 Å². The van der Waals surface area contributed by atoms with Gasteiger partial charge in [0.05, 0.1) is 10.5 Å². The summed E-state index contributed by atoms with van der Waals surface area (Å²) in [5, 5.41) is 13.6. The number of nitrogens with zero attached hydrogens (tertiary/aromatic N) is 2. The molecule has 0 radical (unpaired) electrons. The lowest BCUT2D eigenvalue weighted by molar-refractivity contribution is -0.384. The maximum Gasteiger partial charge on any atom is 0.293 e. The topological polar surface area (TPSA) is 85.1 Å². The van der Waals surface area contributed by atoms with Crippen LogP contribution >= 0.6 is 11.6 Å². The lowest BCUT2D eigenvalue weighted by Gasteiger charge is -2.09. The zero-order valence-electron chi connectivity index (χ0n) is 11.4. The van der Waals surface area contributed by atoms with Crippen LogP contribution in [0, 0.1) is 24.0 Å². The molecule has 0 atom stereocenters. The van der Waals surface area contributed by atoms with Crippen molar-refractivity contribution in [3.05, 3.63) is 62.4 Å². The van der Waals surface area contributed by atoms with E-state index in [1.54, 1.807) is 19.1 Å². The summed E-state index contributed by atoms with van der Waals surface area (Å²) in [4.78, 5) is 26.5. The highest BCUT2D eigenvalue weighted by Crippen LogP contribution is 2.28. The van der Waals surface area contributed by atoms with Crippen molar-refractivity contribution >= 4 is 28.9 Å². The predicted molar refractivity (Wildman–Crippen MR) is 79.8 cm³/mol. The third-order valence-electron chi connectivity index (χ3n) is 3.06. The van der Waals surface area contributed by atoms with Crippen molar-refractivity contribution in [1.29, 1.82) is 0 Å². The van der Waals surface area contributed by atoms with Gasteiger partial charge in [-0.1, -0.05) is 11.6 Å². The Balaban J connectivity index is 2.40. The highest BCUT2D eigenvalue weighted by Gasteiger charge is 2.19. The van der Waals surface area contributed by atoms with Crippen molar-refractivity contribution in [1.82, 2.24) is 4.98 Å². The van der Waals surface area contributed by atoms with Crippen LogP contribution in [0.15, 0.2) is 30.5 Å². The monoisotopic (exact) mass is 305 g/mol. The number of benzene rings is 1. The van der Waals surface area contributed by atoms with E-state index in [1.165, 1.54) is 18.3 Å². The van der Waals surface area contributed by atoms with Crippen LogP contribution in [0.5, 0.6) is 0 Å². The van der Waals surface area contributed by atoms with Gasteiger partial charge in [0, 0.05) is 12.3 Å². The van der Waals surface area contributed by atoms with E-state index in [0.29, 0.717) is 0 Å². The number of hydrogen-bond donors (Lipinski definition) is 1. The molecule has 0 saturated carbocycles. The van der Waals surface area contributed by atoms with Crippen molar-refractivity contribution in [2.24, 2.45) is 0 Å². The fourth-order valence-electron chi connectivity index (χ4n) is 1.80. The van der Waals surface area contributed by atoms with E-state index >= 15 is 0 Å². The molecule has 21 heavy (non-hydrogen) atoms. The highest BCUT2D eigenvalue weighted by atomic mass is 35.5. The number of nitro groups is 1. The Morgan fingerprint density at radius 3 is 2.62 bits per heavy atom. The number of anilines is 1. The molecule has 0 aliphatic carbocycles. The molecule has 0 unspecified atom stereocenters. The van der Waals surface area contributed by atoms with Gasteiger partial charge in [0.2, 0.25) is 0 Å². The first-order valence-corrected chi connectivity index (χ1v) is 6.45. The van der Waals surface area contributed by atoms with Gasteiger partial charge in [0.15, 0.2) is 0 Å². The molecule has 0 aliphatic heterocycles. The summed E-state index contributed by atoms with van der Waals surface area (Å²) in [6, 6.07) is 6.05. The van der Waals surface area contributed by atoms with Crippen molar-refractivity contribution in [3.8, 4) is 0 Å². The normalized spacial score (nSPS) is 10.2. The average Bonchev–Trinajstić information content (AvgIpc) is 2.42. The molecular weight excluding hydrogens is 294 g/mol. The second-order valence-electron chi connectivity index (χ2n) is 4.51. The van der Waals surface area contributed by atoms with Crippen LogP contribution in [-0.2, 0) is 0 Å². The molecule has 0 aliphatic rings. The van der Waals surface area contributed by atoms with E-state index in [2.05, 4.69) is 10.3 Å². The van der Waals surface area contributed by atoms with Crippen molar-refractivity contribution in [3.63, 3.8) is 0 Å². The lowest BCUT2D eigenvalue weighted by atomic mass is 10.1. The van der Waals surface area contributed by atoms with Crippen LogP contribution in [0.3, 0.4) is 0 Å². The van der Waals surface area contributed by atoms with Gasteiger partial charge in [-0.25, -0.2) is 4.98 Å². The number of hydrogen-bond acceptors (Lipinski definition) is 4. The summed E-state index contributed by atoms with van der Waals surface area (Å²) in [6.07, 6.45) is 1.46. The molecule has 0 saturated heterocycles. The predicted octanol–water partition coefficient (Wildman–Crippen LogP) is 3.51. The van der Waals surface area contributed by atoms with Crippen LogP contribution in [0.1, 0.15) is 21.5 Å². The number of aryl methyl sites for hydroxylation is 2. The standard InChI is InChI=1S/C14H12ClN3O3/c1-8-6-11(12(18(20)21)7-9(8)2)17-14(19)10-4-3-5-16-13(10)15/h3-7H,1-2H3,(H,17,19). The van der Waals surface area contributed by atoms with Gasteiger partial charge in [0.1, 0.15) is 10.8 Å². The van der Waals surface area contributed by atoms with Crippen LogP contribution < -0.4 is 5.32 Å². The van der Waals surface area contributed by atoms with Crippen molar-refractivity contribution in [2.75, 3.05) is 5.32 Å². The zero-order chi connectivity index (χ0) is 15.6. The third-order valence-corrected chi connectivity index (χ3v) is 3.36. The number of rotatable bonds is 3. The summed E-state index contributed by atoms with van der Waals surface area (Å²) in [7, 11) is 0. The summed E-state index contributed by atoms with van der Waals surface area (Å²) in [5.41, 5.74) is 1.75. The number of halogens is 1. The number of nitrogens with one attached hydrogen (secondary N) is 1. The zero-order valence-corrected chi connectivity index (χ0v) is 12.1. The van der Waals surface area contributed by atoms with E-state index in [9.17, 15) is 14.9 Å². The fourth-order valence-corrected chi connectivity index (χ4v) is 2.00. The van der Waals surface area contributed by atoms with Crippen molar-refractivity contribution in [2.45, 2.75) is 13.8 Å². The van der Waals surface area contributed by atoms with E-state index in [1.807, 2.05) is 6.92 Å². The summed E-state index contributed by atoms with van der Waals surface area (Å²) >= 11 is 5.84. The van der Waals surface area contributed by atoms with Gasteiger partial charge in [0.25, 0.3) is 11.6 Å². The van der Waals surface area contributed by atoms with E-state index in [0.717, 1.165) is 11.1 Å². The molecule has 1 amide bonds. The quantitative estimate of drug-likeness (QED) is 0.534. The Kier molecular flexibility index (Phi) is 4.18. The first kappa shape index (κ1) is 14.9. The Morgan fingerprint density at radius 2 is 2.00 bits per heavy atom. The van der Waals surface area contributed by atoms with E-state index < -0.39 is 10.8 Å². The Morgan fingerprint density at radius 1 is 1.33 bits per heavy atom. The largest absolute Gasteiger partial charge is 0.316 e. The molecule has 1 aromatic carbocycles. The fraction of sp³-hybridized carbons (Fsp3) is 0.143. The summed E-state index contributed by atoms with van der Waals surface area (Å²) < 4.78 is 0. The molecule has 0 bridgehead atoms. The van der Waals surface area contributed by atoms with E-state index in [4.69, 9.17) is 11.6 Å². The molecule has 6 nitrogen and oxygen atoms in total. The second kappa shape index (κ2) is 5.88. The number of carbonyl (C=O) groups excluding carboxylic acids is 1. The van der Waals surface area contributed by atoms with Crippen molar-refractivity contribution < 1.29 is 9.72 Å².